The molecule has 0 aliphatic heterocycles. The van der Waals surface area contributed by atoms with Gasteiger partial charge in [-0.3, -0.25) is 0 Å². The summed E-state index contributed by atoms with van der Waals surface area (Å²) in [6.07, 6.45) is 0. The minimum atomic E-state index is -1.09. The van der Waals surface area contributed by atoms with Gasteiger partial charge in [0.1, 0.15) is 5.02 Å². The number of carboxylic acids is 1. The van der Waals surface area contributed by atoms with Crippen molar-refractivity contribution in [1.82, 2.24) is 5.16 Å². The second-order valence-electron chi connectivity index (χ2n) is 2.04. The Morgan fingerprint density at radius 3 is 2.92 bits per heavy atom. The fourth-order valence-electron chi connectivity index (χ4n) is 0.560. The molecule has 0 radical (unpaired) electrons. The second kappa shape index (κ2) is 3.44. The molecule has 0 aromatic carbocycles. The summed E-state index contributed by atoms with van der Waals surface area (Å²) < 4.78 is 9.31. The molecule has 0 aliphatic carbocycles. The molecule has 0 fully saturated rings. The minimum Gasteiger partial charge on any atom is -0.479 e. The summed E-state index contributed by atoms with van der Waals surface area (Å²) in [5.74, 6) is -0.680. The van der Waals surface area contributed by atoms with Crippen LogP contribution in [-0.2, 0) is 4.79 Å². The third kappa shape index (κ3) is 1.88. The summed E-state index contributed by atoms with van der Waals surface area (Å²) in [6, 6.07) is 0. The molecule has 0 atom stereocenters. The van der Waals surface area contributed by atoms with E-state index in [9.17, 15) is 4.79 Å². The maximum Gasteiger partial charge on any atom is 0.341 e. The van der Waals surface area contributed by atoms with Gasteiger partial charge in [-0.15, -0.1) is 0 Å². The number of aromatic nitrogens is 1. The first kappa shape index (κ1) is 8.86. The van der Waals surface area contributed by atoms with Crippen molar-refractivity contribution in [2.24, 2.45) is 0 Å². The maximum absolute atomic E-state index is 10.1. The number of halogens is 1. The normalized spacial score (nSPS) is 9.83. The zero-order valence-corrected chi connectivity index (χ0v) is 6.96. The molecule has 1 aromatic heterocycles. The van der Waals surface area contributed by atoms with Gasteiger partial charge in [-0.25, -0.2) is 4.79 Å². The van der Waals surface area contributed by atoms with Gasteiger partial charge >= 0.3 is 5.97 Å². The molecular formula is C6H6ClNO4. The van der Waals surface area contributed by atoms with Crippen LogP contribution in [0.3, 0.4) is 0 Å². The van der Waals surface area contributed by atoms with Crippen molar-refractivity contribution in [1.29, 1.82) is 0 Å². The quantitative estimate of drug-likeness (QED) is 0.775. The van der Waals surface area contributed by atoms with E-state index in [0.29, 0.717) is 5.76 Å². The Morgan fingerprint density at radius 2 is 2.50 bits per heavy atom. The summed E-state index contributed by atoms with van der Waals surface area (Å²) >= 11 is 5.62. The smallest absolute Gasteiger partial charge is 0.341 e. The fourth-order valence-corrected chi connectivity index (χ4v) is 0.684. The highest BCUT2D eigenvalue weighted by Gasteiger charge is 2.12. The van der Waals surface area contributed by atoms with E-state index in [1.54, 1.807) is 6.92 Å². The highest BCUT2D eigenvalue weighted by atomic mass is 35.5. The van der Waals surface area contributed by atoms with E-state index < -0.39 is 12.6 Å². The van der Waals surface area contributed by atoms with Crippen LogP contribution in [0.4, 0.5) is 0 Å². The molecule has 1 N–H and O–H groups in total. The van der Waals surface area contributed by atoms with Crippen LogP contribution in [0.15, 0.2) is 4.52 Å². The molecule has 1 heterocycles. The largest absolute Gasteiger partial charge is 0.479 e. The Kier molecular flexibility index (Phi) is 2.54. The first-order valence-corrected chi connectivity index (χ1v) is 3.45. The van der Waals surface area contributed by atoms with Crippen molar-refractivity contribution in [2.75, 3.05) is 6.61 Å². The van der Waals surface area contributed by atoms with Crippen LogP contribution in [0, 0.1) is 6.92 Å². The molecule has 0 spiro atoms. The van der Waals surface area contributed by atoms with Crippen molar-refractivity contribution in [3.8, 4) is 5.88 Å². The van der Waals surface area contributed by atoms with Gasteiger partial charge in [-0.2, -0.15) is 0 Å². The van der Waals surface area contributed by atoms with E-state index >= 15 is 0 Å². The molecule has 0 unspecified atom stereocenters. The number of nitrogens with zero attached hydrogens (tertiary/aromatic N) is 1. The SMILES string of the molecule is Cc1onc(OCC(=O)O)c1Cl. The molecule has 66 valence electrons. The highest BCUT2D eigenvalue weighted by Crippen LogP contribution is 2.25. The van der Waals surface area contributed by atoms with Crippen molar-refractivity contribution < 1.29 is 19.2 Å². The molecule has 12 heavy (non-hydrogen) atoms. The van der Waals surface area contributed by atoms with Crippen LogP contribution in [0.5, 0.6) is 5.88 Å². The summed E-state index contributed by atoms with van der Waals surface area (Å²) in [7, 11) is 0. The lowest BCUT2D eigenvalue weighted by molar-refractivity contribution is -0.139. The number of ether oxygens (including phenoxy) is 1. The highest BCUT2D eigenvalue weighted by molar-refractivity contribution is 6.32. The van der Waals surface area contributed by atoms with Gasteiger partial charge in [0.25, 0.3) is 5.88 Å². The third-order valence-electron chi connectivity index (χ3n) is 1.09. The Balaban J connectivity index is 2.63. The van der Waals surface area contributed by atoms with Gasteiger partial charge < -0.3 is 14.4 Å². The Bertz CT molecular complexity index is 296. The lowest BCUT2D eigenvalue weighted by Crippen LogP contribution is -2.09. The van der Waals surface area contributed by atoms with E-state index in [4.69, 9.17) is 16.7 Å². The molecule has 0 amide bonds. The molecule has 1 rings (SSSR count). The molecule has 1 aromatic rings. The maximum atomic E-state index is 10.1. The van der Waals surface area contributed by atoms with Crippen molar-refractivity contribution in [2.45, 2.75) is 6.92 Å². The van der Waals surface area contributed by atoms with E-state index in [-0.39, 0.29) is 10.9 Å². The summed E-state index contributed by atoms with van der Waals surface area (Å²) in [4.78, 5) is 10.1. The van der Waals surface area contributed by atoms with Crippen LogP contribution in [0.2, 0.25) is 5.02 Å². The van der Waals surface area contributed by atoms with Crippen molar-refractivity contribution in [3.05, 3.63) is 10.8 Å². The Morgan fingerprint density at radius 1 is 1.83 bits per heavy atom. The van der Waals surface area contributed by atoms with Gasteiger partial charge in [0.2, 0.25) is 0 Å². The number of carbonyl (C=O) groups is 1. The van der Waals surface area contributed by atoms with E-state index in [0.717, 1.165) is 0 Å². The lowest BCUT2D eigenvalue weighted by Gasteiger charge is -1.95. The number of hydrogen-bond acceptors (Lipinski definition) is 4. The molecular weight excluding hydrogens is 186 g/mol. The number of hydrogen-bond donors (Lipinski definition) is 1. The molecule has 6 heteroatoms. The van der Waals surface area contributed by atoms with Crippen molar-refractivity contribution in [3.63, 3.8) is 0 Å². The zero-order chi connectivity index (χ0) is 9.14. The average Bonchev–Trinajstić information content (AvgIpc) is 2.30. The van der Waals surface area contributed by atoms with Crippen molar-refractivity contribution >= 4 is 17.6 Å². The first-order chi connectivity index (χ1) is 5.61. The Labute approximate surface area is 72.9 Å². The number of aliphatic carboxylic acids is 1. The zero-order valence-electron chi connectivity index (χ0n) is 6.20. The van der Waals surface area contributed by atoms with Gasteiger partial charge in [0.05, 0.1) is 0 Å². The number of carboxylic acid groups (broad SMARTS) is 1. The summed E-state index contributed by atoms with van der Waals surface area (Å²) in [5, 5.41) is 11.8. The van der Waals surface area contributed by atoms with E-state index in [1.807, 2.05) is 0 Å². The standard InChI is InChI=1S/C6H6ClNO4/c1-3-5(7)6(8-12-3)11-2-4(9)10/h2H2,1H3,(H,9,10). The molecule has 0 saturated carbocycles. The summed E-state index contributed by atoms with van der Waals surface area (Å²) in [6.45, 7) is 1.12. The van der Waals surface area contributed by atoms with Gasteiger partial charge in [-0.05, 0) is 12.1 Å². The fraction of sp³-hybridized carbons (Fsp3) is 0.333. The van der Waals surface area contributed by atoms with E-state index in [2.05, 4.69) is 14.4 Å². The number of aryl methyl sites for hydroxylation is 1. The summed E-state index contributed by atoms with van der Waals surface area (Å²) in [5.41, 5.74) is 0. The van der Waals surface area contributed by atoms with Crippen LogP contribution in [0.25, 0.3) is 0 Å². The van der Waals surface area contributed by atoms with Crippen LogP contribution in [-0.4, -0.2) is 22.8 Å². The van der Waals surface area contributed by atoms with Crippen LogP contribution >= 0.6 is 11.6 Å². The lowest BCUT2D eigenvalue weighted by atomic mass is 10.5. The topological polar surface area (TPSA) is 72.6 Å². The predicted molar refractivity (Wildman–Crippen MR) is 39.4 cm³/mol. The van der Waals surface area contributed by atoms with E-state index in [1.165, 1.54) is 0 Å². The monoisotopic (exact) mass is 191 g/mol. The predicted octanol–water partition coefficient (Wildman–Crippen LogP) is 1.10. The third-order valence-corrected chi connectivity index (χ3v) is 1.52. The van der Waals surface area contributed by atoms with Crippen LogP contribution in [0.1, 0.15) is 5.76 Å². The van der Waals surface area contributed by atoms with Crippen LogP contribution < -0.4 is 4.74 Å². The van der Waals surface area contributed by atoms with Gasteiger partial charge in [0, 0.05) is 0 Å². The minimum absolute atomic E-state index is 0.0107. The number of rotatable bonds is 3. The molecule has 0 bridgehead atoms. The molecule has 0 saturated heterocycles. The molecule has 0 aliphatic rings. The second-order valence-corrected chi connectivity index (χ2v) is 2.42. The first-order valence-electron chi connectivity index (χ1n) is 3.07. The average molecular weight is 192 g/mol. The van der Waals surface area contributed by atoms with Gasteiger partial charge in [0.15, 0.2) is 12.4 Å². The molecule has 5 nitrogen and oxygen atoms in total. The Hall–Kier alpha value is -1.23. The van der Waals surface area contributed by atoms with Gasteiger partial charge in [-0.1, -0.05) is 11.6 Å².